The van der Waals surface area contributed by atoms with Crippen molar-refractivity contribution in [3.63, 3.8) is 0 Å². The molecule has 0 saturated carbocycles. The molecular weight excluding hydrogens is 855 g/mol. The van der Waals surface area contributed by atoms with E-state index in [-0.39, 0.29) is 49.8 Å². The topological polar surface area (TPSA) is 216 Å². The van der Waals surface area contributed by atoms with E-state index >= 15 is 0 Å². The maximum atomic E-state index is 14.5. The lowest BCUT2D eigenvalue weighted by Gasteiger charge is -2.49. The summed E-state index contributed by atoms with van der Waals surface area (Å²) in [5.74, 6) is -2.86. The molecule has 3 aliphatic rings. The number of aliphatic hydroxyl groups excluding tert-OH is 2. The number of methoxy groups -OCH3 is 1. The summed E-state index contributed by atoms with van der Waals surface area (Å²) in [7, 11) is 9.12. The zero-order valence-electron chi connectivity index (χ0n) is 43.1. The molecule has 0 aliphatic carbocycles. The number of hydrogen-bond donors (Lipinski definition) is 5. The summed E-state index contributed by atoms with van der Waals surface area (Å²) >= 11 is 0. The van der Waals surface area contributed by atoms with Crippen LogP contribution in [0.2, 0.25) is 0 Å². The van der Waals surface area contributed by atoms with Gasteiger partial charge in [0, 0.05) is 64.0 Å². The van der Waals surface area contributed by atoms with Gasteiger partial charge >= 0.3 is 5.97 Å². The molecule has 382 valence electrons. The first-order chi connectivity index (χ1) is 30.6. The Morgan fingerprint density at radius 1 is 0.970 bits per heavy atom. The molecule has 66 heavy (non-hydrogen) atoms. The predicted octanol–water partition coefficient (Wildman–Crippen LogP) is 3.10. The molecule has 3 saturated heterocycles. The van der Waals surface area contributed by atoms with Gasteiger partial charge in [0.2, 0.25) is 0 Å². The van der Waals surface area contributed by atoms with Crippen LogP contribution >= 0.6 is 0 Å². The first kappa shape index (κ1) is 56.3. The van der Waals surface area contributed by atoms with Crippen molar-refractivity contribution in [2.45, 2.75) is 205 Å². The Kier molecular flexibility index (Phi) is 19.7. The quantitative estimate of drug-likeness (QED) is 0.142. The lowest BCUT2D eigenvalue weighted by atomic mass is 9.77. The predicted molar refractivity (Wildman–Crippen MR) is 248 cm³/mol. The maximum Gasteiger partial charge on any atom is 0.311 e. The number of aryl methyl sites for hydroxylation is 2. The van der Waals surface area contributed by atoms with Crippen LogP contribution in [0.3, 0.4) is 0 Å². The summed E-state index contributed by atoms with van der Waals surface area (Å²) < 4.78 is 47.2. The van der Waals surface area contributed by atoms with Crippen molar-refractivity contribution in [2.75, 3.05) is 47.9 Å². The second kappa shape index (κ2) is 23.1. The summed E-state index contributed by atoms with van der Waals surface area (Å²) in [6.07, 6.45) is -7.32. The molecule has 1 amide bonds. The van der Waals surface area contributed by atoms with Gasteiger partial charge in [-0.1, -0.05) is 20.8 Å². The number of cyclic esters (lactones) is 1. The number of nitrogens with zero attached hydrogens (tertiary/aromatic N) is 4. The number of ether oxygens (including phenoxy) is 7. The number of rotatable bonds is 13. The van der Waals surface area contributed by atoms with Crippen LogP contribution in [0.5, 0.6) is 0 Å². The van der Waals surface area contributed by atoms with E-state index in [1.54, 1.807) is 39.3 Å². The molecule has 1 aromatic heterocycles. The SMILES string of the molecule is CC[C@H]1OC(=O)[C@H](C)[C@@H](O[C@H]2C[C@@](C)(OC)[C@@H](O)[C@H](C)O2)[C@H](C)[C@@H](O[C@@H]2O[C@H](C)C[C@H](N(C)C)[C@H]2OCCCNC(=O)c2c(C)nn(C)c2C)[C@](C)(O)C[C@@H](C)CN(C)[C@H](C)[C@@H](O)[C@]1(C)O. The van der Waals surface area contributed by atoms with Crippen LogP contribution in [0.1, 0.15) is 123 Å². The van der Waals surface area contributed by atoms with Gasteiger partial charge in [0.15, 0.2) is 12.6 Å². The Morgan fingerprint density at radius 2 is 1.62 bits per heavy atom. The molecule has 3 fully saturated rings. The highest BCUT2D eigenvalue weighted by Gasteiger charge is 2.53. The van der Waals surface area contributed by atoms with Gasteiger partial charge in [0.25, 0.3) is 5.91 Å². The molecule has 18 nitrogen and oxygen atoms in total. The van der Waals surface area contributed by atoms with Crippen molar-refractivity contribution in [3.05, 3.63) is 17.0 Å². The normalized spacial score (nSPS) is 41.5. The largest absolute Gasteiger partial charge is 0.459 e. The van der Waals surface area contributed by atoms with Crippen LogP contribution in [0.15, 0.2) is 0 Å². The Morgan fingerprint density at radius 3 is 2.20 bits per heavy atom. The monoisotopic (exact) mass is 942 g/mol. The molecule has 1 aromatic rings. The minimum Gasteiger partial charge on any atom is -0.459 e. The van der Waals surface area contributed by atoms with Gasteiger partial charge in [-0.3, -0.25) is 14.3 Å². The molecule has 0 spiro atoms. The Labute approximate surface area is 394 Å². The summed E-state index contributed by atoms with van der Waals surface area (Å²) in [5, 5.41) is 54.9. The molecule has 0 unspecified atom stereocenters. The van der Waals surface area contributed by atoms with E-state index in [0.29, 0.717) is 37.2 Å². The highest BCUT2D eigenvalue weighted by atomic mass is 16.7. The van der Waals surface area contributed by atoms with E-state index in [0.717, 1.165) is 5.69 Å². The standard InChI is InChI=1S/C48H87N5O13/c1-18-35-48(12,59)40(54)32(8)52(15)25-26(2)23-46(10,58)42(28(4)38(29(5)44(57)64-35)65-36-24-47(11,60-17)41(55)33(9)63-36)66-45-39(34(51(13)14)22-27(3)62-45)61-21-19-20-49-43(56)37-30(6)50-53(16)31(37)7/h26-29,32-36,38-42,45,54-55,58-59H,18-25H2,1-17H3,(H,49,56)/t26-,27-,28+,29-,32-,33+,34+,35-,36+,38+,39-,40-,41+,42-,45+,46-,47-,48-/m1/s1. The number of carbonyl (C=O) groups is 2. The summed E-state index contributed by atoms with van der Waals surface area (Å²) in [6.45, 7) is 22.5. The van der Waals surface area contributed by atoms with E-state index in [9.17, 15) is 30.0 Å². The third-order valence-electron chi connectivity index (χ3n) is 14.8. The van der Waals surface area contributed by atoms with E-state index in [4.69, 9.17) is 33.2 Å². The molecular formula is C48H87N5O13. The number of aromatic nitrogens is 2. The van der Waals surface area contributed by atoms with E-state index in [2.05, 4.69) is 15.3 Å². The summed E-state index contributed by atoms with van der Waals surface area (Å²) in [5.41, 5.74) is -2.47. The van der Waals surface area contributed by atoms with Gasteiger partial charge in [-0.15, -0.1) is 0 Å². The molecule has 18 atom stereocenters. The van der Waals surface area contributed by atoms with E-state index < -0.39 is 96.0 Å². The fraction of sp³-hybridized carbons (Fsp3) is 0.896. The molecule has 4 rings (SSSR count). The fourth-order valence-electron chi connectivity index (χ4n) is 10.6. The van der Waals surface area contributed by atoms with Crippen LogP contribution in [-0.4, -0.2) is 190 Å². The second-order valence-corrected chi connectivity index (χ2v) is 20.8. The van der Waals surface area contributed by atoms with Crippen LogP contribution < -0.4 is 5.32 Å². The third kappa shape index (κ3) is 12.9. The Bertz CT molecular complexity index is 1730. The number of hydrogen-bond acceptors (Lipinski definition) is 16. The zero-order chi connectivity index (χ0) is 49.8. The molecule has 0 aromatic carbocycles. The van der Waals surface area contributed by atoms with E-state index in [1.165, 1.54) is 14.0 Å². The molecule has 4 heterocycles. The number of esters is 1. The van der Waals surface area contributed by atoms with Crippen LogP contribution in [0.4, 0.5) is 0 Å². The highest BCUT2D eigenvalue weighted by Crippen LogP contribution is 2.40. The average Bonchev–Trinajstić information content (AvgIpc) is 3.50. The van der Waals surface area contributed by atoms with Crippen molar-refractivity contribution >= 4 is 11.9 Å². The minimum atomic E-state index is -1.82. The lowest BCUT2D eigenvalue weighted by molar-refractivity contribution is -0.321. The van der Waals surface area contributed by atoms with Crippen molar-refractivity contribution in [2.24, 2.45) is 24.8 Å². The first-order valence-electron chi connectivity index (χ1n) is 24.1. The van der Waals surface area contributed by atoms with Crippen molar-refractivity contribution < 1.29 is 63.2 Å². The third-order valence-corrected chi connectivity index (χ3v) is 14.8. The summed E-state index contributed by atoms with van der Waals surface area (Å²) in [4.78, 5) is 31.7. The first-order valence-corrected chi connectivity index (χ1v) is 24.1. The van der Waals surface area contributed by atoms with Crippen LogP contribution in [0, 0.1) is 31.6 Å². The van der Waals surface area contributed by atoms with Gasteiger partial charge in [0.1, 0.15) is 30.0 Å². The van der Waals surface area contributed by atoms with Crippen LogP contribution in [-0.2, 0) is 45.0 Å². The van der Waals surface area contributed by atoms with Gasteiger partial charge in [-0.05, 0) is 115 Å². The lowest BCUT2D eigenvalue weighted by Crippen LogP contribution is -2.61. The van der Waals surface area contributed by atoms with E-state index in [1.807, 2.05) is 74.6 Å². The maximum absolute atomic E-state index is 14.5. The van der Waals surface area contributed by atoms with Crippen molar-refractivity contribution in [1.82, 2.24) is 24.9 Å². The van der Waals surface area contributed by atoms with Gasteiger partial charge in [-0.25, -0.2) is 0 Å². The second-order valence-electron chi connectivity index (χ2n) is 20.8. The van der Waals surface area contributed by atoms with Crippen molar-refractivity contribution in [1.29, 1.82) is 0 Å². The molecule has 3 aliphatic heterocycles. The van der Waals surface area contributed by atoms with Gasteiger partial charge in [-0.2, -0.15) is 5.10 Å². The van der Waals surface area contributed by atoms with Gasteiger partial charge in [0.05, 0.1) is 52.8 Å². The molecule has 0 bridgehead atoms. The molecule has 18 heteroatoms. The van der Waals surface area contributed by atoms with Crippen molar-refractivity contribution in [3.8, 4) is 0 Å². The number of aliphatic hydroxyl groups is 4. The van der Waals surface area contributed by atoms with Crippen LogP contribution in [0.25, 0.3) is 0 Å². The molecule has 0 radical (unpaired) electrons. The Balaban J connectivity index is 1.76. The number of amides is 1. The highest BCUT2D eigenvalue weighted by molar-refractivity contribution is 5.96. The summed E-state index contributed by atoms with van der Waals surface area (Å²) in [6, 6.07) is -0.720. The Hall–Kier alpha value is -2.33. The van der Waals surface area contributed by atoms with Gasteiger partial charge < -0.3 is 68.7 Å². The average molecular weight is 942 g/mol. The zero-order valence-corrected chi connectivity index (χ0v) is 43.1. The number of likely N-dealkylation sites (N-methyl/N-ethyl adjacent to an activating group) is 2. The molecule has 5 N–H and O–H groups in total. The number of carbonyl (C=O) groups excluding carboxylic acids is 2. The fourth-order valence-corrected chi connectivity index (χ4v) is 10.6. The number of nitrogens with one attached hydrogen (secondary N) is 1. The minimum absolute atomic E-state index is 0.118. The smallest absolute Gasteiger partial charge is 0.311 e.